The molecule has 5 nitrogen and oxygen atoms in total. The van der Waals surface area contributed by atoms with Crippen LogP contribution in [0.3, 0.4) is 0 Å². The number of nitrogens with one attached hydrogen (secondary N) is 1. The fraction of sp³-hybridized carbons (Fsp3) is 0.333. The summed E-state index contributed by atoms with van der Waals surface area (Å²) in [7, 11) is 2.59. The van der Waals surface area contributed by atoms with Crippen molar-refractivity contribution in [3.8, 4) is 0 Å². The fourth-order valence-corrected chi connectivity index (χ4v) is 3.32. The van der Waals surface area contributed by atoms with E-state index in [4.69, 9.17) is 9.47 Å². The van der Waals surface area contributed by atoms with E-state index in [2.05, 4.69) is 4.98 Å². The molecular weight excluding hydrogens is 294 g/mol. The van der Waals surface area contributed by atoms with Crippen LogP contribution in [-0.4, -0.2) is 31.1 Å². The molecule has 0 aliphatic heterocycles. The molecule has 1 aromatic carbocycles. The number of allylic oxidation sites excluding steroid dienone is 2. The molecule has 0 saturated carbocycles. The van der Waals surface area contributed by atoms with Crippen molar-refractivity contribution in [3.05, 3.63) is 47.7 Å². The van der Waals surface area contributed by atoms with Gasteiger partial charge >= 0.3 is 11.9 Å². The third kappa shape index (κ3) is 2.42. The van der Waals surface area contributed by atoms with Gasteiger partial charge in [0.05, 0.1) is 14.2 Å². The van der Waals surface area contributed by atoms with E-state index in [-0.39, 0.29) is 12.8 Å². The second kappa shape index (κ2) is 5.91. The summed E-state index contributed by atoms with van der Waals surface area (Å²) in [4.78, 5) is 28.2. The van der Waals surface area contributed by atoms with Crippen LogP contribution in [-0.2, 0) is 31.9 Å². The standard InChI is InChI=1S/C18H19NO4/c1-22-16(20)18(17(21)23-2)9-4-3-6-13-11-19-14-8-5-7-12(10-18)15(13)14/h3-5,7-8,11,19H,6,9-10H2,1-2H3/b4-3-. The minimum atomic E-state index is -1.35. The summed E-state index contributed by atoms with van der Waals surface area (Å²) in [6.45, 7) is 0. The topological polar surface area (TPSA) is 68.4 Å². The summed E-state index contributed by atoms with van der Waals surface area (Å²) in [6.07, 6.45) is 7.07. The largest absolute Gasteiger partial charge is 0.468 e. The summed E-state index contributed by atoms with van der Waals surface area (Å²) in [5.74, 6) is -1.13. The summed E-state index contributed by atoms with van der Waals surface area (Å²) in [5, 5.41) is 1.07. The van der Waals surface area contributed by atoms with E-state index >= 15 is 0 Å². The van der Waals surface area contributed by atoms with Crippen molar-refractivity contribution in [2.45, 2.75) is 19.3 Å². The number of aromatic nitrogens is 1. The second-order valence-electron chi connectivity index (χ2n) is 5.78. The Balaban J connectivity index is 2.22. The minimum Gasteiger partial charge on any atom is -0.468 e. The van der Waals surface area contributed by atoms with Crippen LogP contribution in [0.4, 0.5) is 0 Å². The van der Waals surface area contributed by atoms with Gasteiger partial charge in [-0.1, -0.05) is 24.3 Å². The van der Waals surface area contributed by atoms with Gasteiger partial charge in [0.2, 0.25) is 0 Å². The molecule has 0 unspecified atom stereocenters. The third-order valence-corrected chi connectivity index (χ3v) is 4.49. The number of H-pyrrole nitrogens is 1. The number of benzene rings is 1. The molecule has 0 atom stereocenters. The number of aromatic amines is 1. The van der Waals surface area contributed by atoms with E-state index in [9.17, 15) is 9.59 Å². The lowest BCUT2D eigenvalue weighted by molar-refractivity contribution is -0.168. The van der Waals surface area contributed by atoms with Gasteiger partial charge < -0.3 is 14.5 Å². The van der Waals surface area contributed by atoms with Gasteiger partial charge in [0.15, 0.2) is 5.41 Å². The Kier molecular flexibility index (Phi) is 3.94. The summed E-state index contributed by atoms with van der Waals surface area (Å²) in [5.41, 5.74) is 1.74. The first-order valence-corrected chi connectivity index (χ1v) is 7.52. The summed E-state index contributed by atoms with van der Waals surface area (Å²) < 4.78 is 9.87. The number of carbonyl (C=O) groups is 2. The zero-order chi connectivity index (χ0) is 16.4. The molecule has 3 rings (SSSR count). The Morgan fingerprint density at radius 1 is 1.09 bits per heavy atom. The third-order valence-electron chi connectivity index (χ3n) is 4.49. The predicted molar refractivity (Wildman–Crippen MR) is 85.9 cm³/mol. The highest BCUT2D eigenvalue weighted by molar-refractivity contribution is 6.01. The normalized spacial score (nSPS) is 17.7. The van der Waals surface area contributed by atoms with Gasteiger partial charge in [-0.3, -0.25) is 9.59 Å². The zero-order valence-electron chi connectivity index (χ0n) is 13.2. The average Bonchev–Trinajstić information content (AvgIpc) is 3.02. The number of hydrogen-bond donors (Lipinski definition) is 1. The van der Waals surface area contributed by atoms with Crippen LogP contribution in [0, 0.1) is 5.41 Å². The zero-order valence-corrected chi connectivity index (χ0v) is 13.2. The molecule has 0 fully saturated rings. The van der Waals surface area contributed by atoms with Crippen molar-refractivity contribution in [1.29, 1.82) is 0 Å². The lowest BCUT2D eigenvalue weighted by Crippen LogP contribution is -2.42. The maximum absolute atomic E-state index is 12.5. The molecule has 0 saturated heterocycles. The minimum absolute atomic E-state index is 0.249. The number of ether oxygens (including phenoxy) is 2. The number of carbonyl (C=O) groups excluding carboxylic acids is 2. The molecule has 0 bridgehead atoms. The number of rotatable bonds is 2. The van der Waals surface area contributed by atoms with Gasteiger partial charge in [-0.2, -0.15) is 0 Å². The smallest absolute Gasteiger partial charge is 0.323 e. The van der Waals surface area contributed by atoms with Gasteiger partial charge in [-0.25, -0.2) is 0 Å². The van der Waals surface area contributed by atoms with E-state index in [1.807, 2.05) is 36.5 Å². The first kappa shape index (κ1) is 15.3. The maximum Gasteiger partial charge on any atom is 0.323 e. The van der Waals surface area contributed by atoms with Gasteiger partial charge in [0, 0.05) is 23.5 Å². The average molecular weight is 313 g/mol. The Morgan fingerprint density at radius 2 is 1.83 bits per heavy atom. The van der Waals surface area contributed by atoms with Crippen molar-refractivity contribution in [2.75, 3.05) is 14.2 Å². The van der Waals surface area contributed by atoms with Gasteiger partial charge in [-0.15, -0.1) is 0 Å². The van der Waals surface area contributed by atoms with Gasteiger partial charge in [0.25, 0.3) is 0 Å². The fourth-order valence-electron chi connectivity index (χ4n) is 3.32. The van der Waals surface area contributed by atoms with E-state index in [1.54, 1.807) is 0 Å². The second-order valence-corrected chi connectivity index (χ2v) is 5.78. The Hall–Kier alpha value is -2.56. The van der Waals surface area contributed by atoms with Crippen molar-refractivity contribution in [1.82, 2.24) is 4.98 Å². The van der Waals surface area contributed by atoms with Crippen LogP contribution in [0.25, 0.3) is 10.9 Å². The SMILES string of the molecule is COC(=O)C1(C(=O)OC)C/C=C\Cc2c[nH]c3cccc(c23)C1. The molecule has 1 N–H and O–H groups in total. The van der Waals surface area contributed by atoms with E-state index in [0.717, 1.165) is 28.5 Å². The monoisotopic (exact) mass is 313 g/mol. The van der Waals surface area contributed by atoms with Crippen LogP contribution in [0.15, 0.2) is 36.5 Å². The molecule has 2 aromatic rings. The summed E-state index contributed by atoms with van der Waals surface area (Å²) in [6, 6.07) is 5.86. The lowest BCUT2D eigenvalue weighted by Gasteiger charge is -2.27. The molecule has 1 aromatic heterocycles. The molecule has 120 valence electrons. The molecular formula is C18H19NO4. The highest BCUT2D eigenvalue weighted by Gasteiger charge is 2.48. The molecule has 23 heavy (non-hydrogen) atoms. The number of methoxy groups -OCH3 is 2. The molecule has 1 aliphatic carbocycles. The molecule has 1 aliphatic rings. The molecule has 0 radical (unpaired) electrons. The van der Waals surface area contributed by atoms with Crippen LogP contribution in [0.5, 0.6) is 0 Å². The molecule has 0 amide bonds. The number of esters is 2. The van der Waals surface area contributed by atoms with E-state index in [0.29, 0.717) is 0 Å². The summed E-state index contributed by atoms with van der Waals surface area (Å²) >= 11 is 0. The van der Waals surface area contributed by atoms with Crippen LogP contribution < -0.4 is 0 Å². The predicted octanol–water partition coefficient (Wildman–Crippen LogP) is 2.55. The molecule has 1 heterocycles. The van der Waals surface area contributed by atoms with Crippen LogP contribution >= 0.6 is 0 Å². The van der Waals surface area contributed by atoms with Crippen molar-refractivity contribution < 1.29 is 19.1 Å². The first-order valence-electron chi connectivity index (χ1n) is 7.52. The quantitative estimate of drug-likeness (QED) is 0.525. The highest BCUT2D eigenvalue weighted by atomic mass is 16.5. The molecule has 5 heteroatoms. The van der Waals surface area contributed by atoms with E-state index < -0.39 is 17.4 Å². The number of hydrogen-bond acceptors (Lipinski definition) is 4. The Morgan fingerprint density at radius 3 is 2.52 bits per heavy atom. The van der Waals surface area contributed by atoms with Crippen LogP contribution in [0.2, 0.25) is 0 Å². The lowest BCUT2D eigenvalue weighted by atomic mass is 9.78. The van der Waals surface area contributed by atoms with Crippen LogP contribution in [0.1, 0.15) is 17.5 Å². The van der Waals surface area contributed by atoms with E-state index in [1.165, 1.54) is 14.2 Å². The van der Waals surface area contributed by atoms with Gasteiger partial charge in [0.1, 0.15) is 0 Å². The van der Waals surface area contributed by atoms with Gasteiger partial charge in [-0.05, 0) is 30.0 Å². The maximum atomic E-state index is 12.5. The molecule has 0 spiro atoms. The Labute approximate surface area is 134 Å². The Bertz CT molecular complexity index is 771. The van der Waals surface area contributed by atoms with Crippen molar-refractivity contribution in [3.63, 3.8) is 0 Å². The van der Waals surface area contributed by atoms with Crippen molar-refractivity contribution >= 4 is 22.8 Å². The highest BCUT2D eigenvalue weighted by Crippen LogP contribution is 2.36. The van der Waals surface area contributed by atoms with Crippen molar-refractivity contribution in [2.24, 2.45) is 5.41 Å². The first-order chi connectivity index (χ1) is 11.1.